The molecule has 3 rings (SSSR count). The zero-order valence-corrected chi connectivity index (χ0v) is 13.1. The molecule has 0 bridgehead atoms. The van der Waals surface area contributed by atoms with E-state index in [1.165, 1.54) is 5.56 Å². The van der Waals surface area contributed by atoms with Crippen LogP contribution in [0.1, 0.15) is 5.56 Å². The minimum atomic E-state index is -0.222. The van der Waals surface area contributed by atoms with Gasteiger partial charge in [0.1, 0.15) is 5.60 Å². The average molecular weight is 303 g/mol. The molecule has 0 amide bonds. The van der Waals surface area contributed by atoms with Crippen molar-refractivity contribution in [3.05, 3.63) is 42.7 Å². The molecule has 0 saturated carbocycles. The van der Waals surface area contributed by atoms with Crippen molar-refractivity contribution in [3.63, 3.8) is 0 Å². The Labute approximate surface area is 132 Å². The van der Waals surface area contributed by atoms with Crippen LogP contribution in [0.3, 0.4) is 0 Å². The van der Waals surface area contributed by atoms with Gasteiger partial charge in [-0.3, -0.25) is 14.8 Å². The van der Waals surface area contributed by atoms with Crippen molar-refractivity contribution in [2.45, 2.75) is 12.1 Å². The number of hydrogen-bond donors (Lipinski definition) is 0. The van der Waals surface area contributed by atoms with Gasteiger partial charge in [0.05, 0.1) is 19.8 Å². The van der Waals surface area contributed by atoms with Gasteiger partial charge in [0.2, 0.25) is 0 Å². The summed E-state index contributed by atoms with van der Waals surface area (Å²) in [7, 11) is 0. The Hall–Kier alpha value is -1.27. The fraction of sp³-hybridized carbons (Fsp3) is 0.588. The topological polar surface area (TPSA) is 37.8 Å². The van der Waals surface area contributed by atoms with Gasteiger partial charge >= 0.3 is 0 Å². The molecule has 120 valence electrons. The van der Waals surface area contributed by atoms with Gasteiger partial charge in [0, 0.05) is 51.7 Å². The molecule has 3 heterocycles. The Morgan fingerprint density at radius 3 is 2.95 bits per heavy atom. The largest absolute Gasteiger partial charge is 0.377 e. The van der Waals surface area contributed by atoms with Crippen LogP contribution in [0.2, 0.25) is 0 Å². The lowest BCUT2D eigenvalue weighted by Gasteiger charge is -2.43. The van der Waals surface area contributed by atoms with Crippen LogP contribution in [0.4, 0.5) is 0 Å². The summed E-state index contributed by atoms with van der Waals surface area (Å²) in [4.78, 5) is 9.02. The van der Waals surface area contributed by atoms with E-state index in [2.05, 4.69) is 27.4 Å². The van der Waals surface area contributed by atoms with Gasteiger partial charge in [0.15, 0.2) is 0 Å². The molecule has 1 aromatic rings. The van der Waals surface area contributed by atoms with Gasteiger partial charge in [0.25, 0.3) is 0 Å². The average Bonchev–Trinajstić information content (AvgIpc) is 2.71. The van der Waals surface area contributed by atoms with E-state index in [4.69, 9.17) is 9.47 Å². The van der Waals surface area contributed by atoms with E-state index in [1.54, 1.807) is 0 Å². The highest BCUT2D eigenvalue weighted by Crippen LogP contribution is 2.23. The molecule has 1 spiro atoms. The number of aromatic nitrogens is 1. The molecular weight excluding hydrogens is 278 g/mol. The summed E-state index contributed by atoms with van der Waals surface area (Å²) in [5.41, 5.74) is 1.03. The molecule has 5 nitrogen and oxygen atoms in total. The molecule has 2 aliphatic heterocycles. The maximum absolute atomic E-state index is 6.17. The van der Waals surface area contributed by atoms with Gasteiger partial charge in [-0.2, -0.15) is 0 Å². The highest BCUT2D eigenvalue weighted by Gasteiger charge is 2.39. The molecule has 0 N–H and O–H groups in total. The van der Waals surface area contributed by atoms with Crippen molar-refractivity contribution in [2.24, 2.45) is 0 Å². The number of nitrogens with zero attached hydrogens (tertiary/aromatic N) is 3. The fourth-order valence-electron chi connectivity index (χ4n) is 3.31. The van der Waals surface area contributed by atoms with Crippen LogP contribution in [0.5, 0.6) is 0 Å². The van der Waals surface area contributed by atoms with Gasteiger partial charge < -0.3 is 9.47 Å². The maximum Gasteiger partial charge on any atom is 0.117 e. The van der Waals surface area contributed by atoms with Gasteiger partial charge in [-0.15, -0.1) is 6.58 Å². The molecule has 1 aromatic heterocycles. The molecular formula is C17H25N3O2. The van der Waals surface area contributed by atoms with E-state index in [-0.39, 0.29) is 5.60 Å². The third kappa shape index (κ3) is 3.93. The summed E-state index contributed by atoms with van der Waals surface area (Å²) >= 11 is 0. The van der Waals surface area contributed by atoms with Crippen LogP contribution >= 0.6 is 0 Å². The van der Waals surface area contributed by atoms with Crippen molar-refractivity contribution >= 4 is 0 Å². The van der Waals surface area contributed by atoms with E-state index in [1.807, 2.05) is 24.5 Å². The molecule has 0 aliphatic carbocycles. The first kappa shape index (κ1) is 15.6. The summed E-state index contributed by atoms with van der Waals surface area (Å²) < 4.78 is 12.0. The molecule has 1 unspecified atom stereocenters. The highest BCUT2D eigenvalue weighted by molar-refractivity contribution is 5.09. The Kier molecular flexibility index (Phi) is 5.20. The maximum atomic E-state index is 6.17. The molecule has 0 aromatic carbocycles. The predicted molar refractivity (Wildman–Crippen MR) is 85.7 cm³/mol. The predicted octanol–water partition coefficient (Wildman–Crippen LogP) is 1.17. The summed E-state index contributed by atoms with van der Waals surface area (Å²) in [5, 5.41) is 0. The smallest absolute Gasteiger partial charge is 0.117 e. The summed E-state index contributed by atoms with van der Waals surface area (Å²) in [6.07, 6.45) is 5.71. The zero-order valence-electron chi connectivity index (χ0n) is 13.1. The lowest BCUT2D eigenvalue weighted by Crippen LogP contribution is -2.58. The van der Waals surface area contributed by atoms with Gasteiger partial charge in [-0.05, 0) is 11.6 Å². The van der Waals surface area contributed by atoms with E-state index < -0.39 is 0 Å². The van der Waals surface area contributed by atoms with Crippen LogP contribution in [0, 0.1) is 0 Å². The van der Waals surface area contributed by atoms with E-state index in [0.717, 1.165) is 52.5 Å². The first-order valence-electron chi connectivity index (χ1n) is 7.96. The number of rotatable bonds is 4. The highest BCUT2D eigenvalue weighted by atomic mass is 16.5. The summed E-state index contributed by atoms with van der Waals surface area (Å²) in [5.74, 6) is 0. The van der Waals surface area contributed by atoms with Crippen LogP contribution < -0.4 is 0 Å². The molecule has 22 heavy (non-hydrogen) atoms. The lowest BCUT2D eigenvalue weighted by atomic mass is 10.0. The summed E-state index contributed by atoms with van der Waals surface area (Å²) in [6.45, 7) is 11.5. The summed E-state index contributed by atoms with van der Waals surface area (Å²) in [6, 6.07) is 4.12. The van der Waals surface area contributed by atoms with Crippen LogP contribution in [0.25, 0.3) is 0 Å². The second kappa shape index (κ2) is 7.33. The molecule has 2 aliphatic rings. The van der Waals surface area contributed by atoms with E-state index >= 15 is 0 Å². The first-order chi connectivity index (χ1) is 10.8. The van der Waals surface area contributed by atoms with Crippen LogP contribution in [-0.4, -0.2) is 72.9 Å². The first-order valence-corrected chi connectivity index (χ1v) is 7.96. The Morgan fingerprint density at radius 1 is 1.27 bits per heavy atom. The Morgan fingerprint density at radius 2 is 2.14 bits per heavy atom. The van der Waals surface area contributed by atoms with Crippen LogP contribution in [0.15, 0.2) is 37.2 Å². The number of ether oxygens (including phenoxy) is 2. The van der Waals surface area contributed by atoms with Gasteiger partial charge in [-0.1, -0.05) is 12.1 Å². The Balaban J connectivity index is 1.66. The monoisotopic (exact) mass is 303 g/mol. The number of morpholine rings is 1. The minimum absolute atomic E-state index is 0.222. The second-order valence-corrected chi connectivity index (χ2v) is 6.18. The van der Waals surface area contributed by atoms with Crippen molar-refractivity contribution in [1.82, 2.24) is 14.8 Å². The number of pyridine rings is 1. The zero-order chi connectivity index (χ0) is 15.3. The van der Waals surface area contributed by atoms with Crippen molar-refractivity contribution in [1.29, 1.82) is 0 Å². The molecule has 5 heteroatoms. The minimum Gasteiger partial charge on any atom is -0.377 e. The molecule has 2 fully saturated rings. The second-order valence-electron chi connectivity index (χ2n) is 6.18. The van der Waals surface area contributed by atoms with Crippen molar-refractivity contribution < 1.29 is 9.47 Å². The molecule has 1 atom stereocenters. The normalized spacial score (nSPS) is 27.6. The third-order valence-corrected chi connectivity index (χ3v) is 4.27. The van der Waals surface area contributed by atoms with E-state index in [0.29, 0.717) is 6.61 Å². The van der Waals surface area contributed by atoms with E-state index in [9.17, 15) is 0 Å². The lowest BCUT2D eigenvalue weighted by molar-refractivity contribution is -0.142. The SMILES string of the molecule is C=CCN1CCOCC2(C1)CN(Cc1cccnc1)CCO2. The molecule has 0 radical (unpaired) electrons. The third-order valence-electron chi connectivity index (χ3n) is 4.27. The fourth-order valence-corrected chi connectivity index (χ4v) is 3.31. The van der Waals surface area contributed by atoms with Crippen LogP contribution in [-0.2, 0) is 16.0 Å². The van der Waals surface area contributed by atoms with Crippen molar-refractivity contribution in [3.8, 4) is 0 Å². The quantitative estimate of drug-likeness (QED) is 0.781. The van der Waals surface area contributed by atoms with Crippen molar-refractivity contribution in [2.75, 3.05) is 52.5 Å². The molecule has 2 saturated heterocycles. The Bertz CT molecular complexity index is 482. The van der Waals surface area contributed by atoms with Gasteiger partial charge in [-0.25, -0.2) is 0 Å². The standard InChI is InChI=1S/C17H25N3O2/c1-2-6-19-7-9-21-15-17(13-19)14-20(8-10-22-17)12-16-4-3-5-18-11-16/h2-5,11H,1,6-10,12-15H2. The number of hydrogen-bond acceptors (Lipinski definition) is 5.